The average molecular weight is 397 g/mol. The molecule has 3 amide bonds. The summed E-state index contributed by atoms with van der Waals surface area (Å²) >= 11 is 0. The van der Waals surface area contributed by atoms with Crippen molar-refractivity contribution in [1.29, 1.82) is 5.26 Å². The van der Waals surface area contributed by atoms with Gasteiger partial charge in [-0.15, -0.1) is 0 Å². The third-order valence-corrected chi connectivity index (χ3v) is 5.49. The van der Waals surface area contributed by atoms with Crippen LogP contribution in [-0.2, 0) is 4.79 Å². The molecular formula is C24H19N3O3. The summed E-state index contributed by atoms with van der Waals surface area (Å²) in [6, 6.07) is 20.0. The number of benzene rings is 3. The number of nitrogens with zero attached hydrogens (tertiary/aromatic N) is 2. The lowest BCUT2D eigenvalue weighted by atomic mass is 9.91. The molecule has 0 spiro atoms. The van der Waals surface area contributed by atoms with Crippen molar-refractivity contribution < 1.29 is 14.4 Å². The maximum Gasteiger partial charge on any atom is 0.325 e. The number of amides is 3. The molecule has 1 atom stereocenters. The van der Waals surface area contributed by atoms with Crippen molar-refractivity contribution in [2.24, 2.45) is 0 Å². The monoisotopic (exact) mass is 397 g/mol. The molecule has 1 fully saturated rings. The van der Waals surface area contributed by atoms with Gasteiger partial charge in [0, 0.05) is 5.56 Å². The number of urea groups is 1. The predicted molar refractivity (Wildman–Crippen MR) is 112 cm³/mol. The summed E-state index contributed by atoms with van der Waals surface area (Å²) in [6.07, 6.45) is 0. The molecule has 0 radical (unpaired) electrons. The van der Waals surface area contributed by atoms with E-state index in [1.807, 2.05) is 36.4 Å². The van der Waals surface area contributed by atoms with Gasteiger partial charge in [-0.3, -0.25) is 19.8 Å². The van der Waals surface area contributed by atoms with Crippen LogP contribution in [0.3, 0.4) is 0 Å². The van der Waals surface area contributed by atoms with Crippen LogP contribution in [0.2, 0.25) is 0 Å². The quantitative estimate of drug-likeness (QED) is 0.533. The third-order valence-electron chi connectivity index (χ3n) is 5.49. The second kappa shape index (κ2) is 7.12. The van der Waals surface area contributed by atoms with E-state index in [0.717, 1.165) is 10.8 Å². The van der Waals surface area contributed by atoms with Crippen molar-refractivity contribution in [1.82, 2.24) is 10.2 Å². The molecule has 0 aliphatic carbocycles. The second-order valence-corrected chi connectivity index (χ2v) is 7.75. The molecule has 0 bridgehead atoms. The molecule has 1 N–H and O–H groups in total. The van der Waals surface area contributed by atoms with E-state index in [9.17, 15) is 14.4 Å². The minimum Gasteiger partial charge on any atom is -0.296 e. The largest absolute Gasteiger partial charge is 0.325 e. The number of Topliss-reactive ketones (excluding diaryl/α,β-unsaturated/α-hetero) is 1. The predicted octanol–water partition coefficient (Wildman–Crippen LogP) is 3.97. The number of hydrogen-bond donors (Lipinski definition) is 1. The fraction of sp³-hybridized carbons (Fsp3) is 0.167. The maximum atomic E-state index is 13.7. The summed E-state index contributed by atoms with van der Waals surface area (Å²) in [5.74, 6) is -0.763. The van der Waals surface area contributed by atoms with Gasteiger partial charge in [-0.25, -0.2) is 4.79 Å². The van der Waals surface area contributed by atoms with Crippen molar-refractivity contribution >= 4 is 28.5 Å². The maximum absolute atomic E-state index is 13.7. The number of ketones is 1. The Bertz CT molecular complexity index is 1220. The Balaban J connectivity index is 1.85. The van der Waals surface area contributed by atoms with Crippen LogP contribution in [0, 0.1) is 11.3 Å². The summed E-state index contributed by atoms with van der Waals surface area (Å²) < 4.78 is 0. The van der Waals surface area contributed by atoms with Crippen molar-refractivity contribution in [2.75, 3.05) is 0 Å². The van der Waals surface area contributed by atoms with Crippen molar-refractivity contribution in [3.8, 4) is 6.07 Å². The highest BCUT2D eigenvalue weighted by Gasteiger charge is 2.51. The molecule has 1 heterocycles. The molecule has 6 nitrogen and oxygen atoms in total. The fourth-order valence-electron chi connectivity index (χ4n) is 3.77. The van der Waals surface area contributed by atoms with E-state index in [1.54, 1.807) is 50.2 Å². The van der Waals surface area contributed by atoms with Gasteiger partial charge in [0.05, 0.1) is 11.6 Å². The number of fused-ring (bicyclic) bond motifs is 1. The Morgan fingerprint density at radius 3 is 2.27 bits per heavy atom. The van der Waals surface area contributed by atoms with E-state index in [0.29, 0.717) is 16.7 Å². The molecule has 3 aromatic carbocycles. The van der Waals surface area contributed by atoms with Gasteiger partial charge in [0.1, 0.15) is 11.6 Å². The summed E-state index contributed by atoms with van der Waals surface area (Å²) in [4.78, 5) is 40.0. The first kappa shape index (κ1) is 19.3. The van der Waals surface area contributed by atoms with E-state index < -0.39 is 23.5 Å². The van der Waals surface area contributed by atoms with Gasteiger partial charge in [-0.2, -0.15) is 5.26 Å². The zero-order valence-electron chi connectivity index (χ0n) is 16.5. The molecule has 3 aromatic rings. The molecular weight excluding hydrogens is 378 g/mol. The van der Waals surface area contributed by atoms with Gasteiger partial charge in [0.25, 0.3) is 5.91 Å². The van der Waals surface area contributed by atoms with Gasteiger partial charge in [0.2, 0.25) is 0 Å². The lowest BCUT2D eigenvalue weighted by Gasteiger charge is -2.35. The van der Waals surface area contributed by atoms with Crippen molar-refractivity contribution in [2.45, 2.75) is 25.4 Å². The zero-order chi connectivity index (χ0) is 21.5. The molecule has 1 aliphatic heterocycles. The summed E-state index contributed by atoms with van der Waals surface area (Å²) in [5.41, 5.74) is 0.204. The number of carbonyl (C=O) groups excluding carboxylic acids is 3. The summed E-state index contributed by atoms with van der Waals surface area (Å²) in [7, 11) is 0. The molecule has 1 unspecified atom stereocenters. The van der Waals surface area contributed by atoms with Crippen LogP contribution in [0.15, 0.2) is 66.7 Å². The molecule has 1 saturated heterocycles. The topological polar surface area (TPSA) is 90.3 Å². The fourth-order valence-corrected chi connectivity index (χ4v) is 3.77. The minimum absolute atomic E-state index is 0.302. The Labute approximate surface area is 173 Å². The molecule has 0 aromatic heterocycles. The molecule has 30 heavy (non-hydrogen) atoms. The molecule has 4 rings (SSSR count). The zero-order valence-corrected chi connectivity index (χ0v) is 16.5. The lowest BCUT2D eigenvalue weighted by molar-refractivity contribution is -0.125. The van der Waals surface area contributed by atoms with Gasteiger partial charge < -0.3 is 0 Å². The first-order chi connectivity index (χ1) is 14.3. The molecule has 6 heteroatoms. The Morgan fingerprint density at radius 2 is 1.67 bits per heavy atom. The smallest absolute Gasteiger partial charge is 0.296 e. The number of rotatable bonds is 4. The Morgan fingerprint density at radius 1 is 1.00 bits per heavy atom. The van der Waals surface area contributed by atoms with Crippen LogP contribution >= 0.6 is 0 Å². The summed E-state index contributed by atoms with van der Waals surface area (Å²) in [5, 5.41) is 13.3. The van der Waals surface area contributed by atoms with Crippen LogP contribution in [-0.4, -0.2) is 28.2 Å². The van der Waals surface area contributed by atoms with Crippen LogP contribution in [0.1, 0.15) is 41.4 Å². The molecule has 1 aliphatic rings. The van der Waals surface area contributed by atoms with E-state index in [-0.39, 0.29) is 5.78 Å². The molecule has 0 saturated carbocycles. The van der Waals surface area contributed by atoms with E-state index >= 15 is 0 Å². The van der Waals surface area contributed by atoms with Crippen LogP contribution in [0.5, 0.6) is 0 Å². The normalized spacial score (nSPS) is 16.2. The average Bonchev–Trinajstić information content (AvgIpc) is 2.95. The lowest BCUT2D eigenvalue weighted by Crippen LogP contribution is -2.48. The van der Waals surface area contributed by atoms with E-state index in [1.165, 1.54) is 4.90 Å². The van der Waals surface area contributed by atoms with Crippen molar-refractivity contribution in [3.05, 3.63) is 83.4 Å². The Kier molecular flexibility index (Phi) is 4.59. The Hall–Kier alpha value is -3.98. The minimum atomic E-state index is -1.21. The van der Waals surface area contributed by atoms with Gasteiger partial charge >= 0.3 is 6.03 Å². The molecule has 148 valence electrons. The van der Waals surface area contributed by atoms with Crippen LogP contribution < -0.4 is 5.32 Å². The third kappa shape index (κ3) is 3.11. The SMILES string of the molecule is CC1(C)C(=O)NC(=O)N1C(C(=O)c1ccc2ccccc2c1)c1ccc(C#N)cc1. The van der Waals surface area contributed by atoms with Gasteiger partial charge in [0.15, 0.2) is 5.78 Å². The highest BCUT2D eigenvalue weighted by Crippen LogP contribution is 2.35. The first-order valence-electron chi connectivity index (χ1n) is 9.51. The highest BCUT2D eigenvalue weighted by atomic mass is 16.2. The highest BCUT2D eigenvalue weighted by molar-refractivity contribution is 6.11. The van der Waals surface area contributed by atoms with Crippen molar-refractivity contribution in [3.63, 3.8) is 0 Å². The summed E-state index contributed by atoms with van der Waals surface area (Å²) in [6.45, 7) is 3.22. The van der Waals surface area contributed by atoms with Crippen LogP contribution in [0.25, 0.3) is 10.8 Å². The van der Waals surface area contributed by atoms with Crippen LogP contribution in [0.4, 0.5) is 4.79 Å². The number of imide groups is 1. The standard InChI is InChI=1S/C24H19N3O3/c1-24(2)22(29)26-23(30)27(24)20(17-9-7-15(14-25)8-10-17)21(28)19-12-11-16-5-3-4-6-18(16)13-19/h3-13,20H,1-2H3,(H,26,29,30). The van der Waals surface area contributed by atoms with Gasteiger partial charge in [-0.05, 0) is 48.4 Å². The van der Waals surface area contributed by atoms with E-state index in [4.69, 9.17) is 5.26 Å². The van der Waals surface area contributed by atoms with Gasteiger partial charge in [-0.1, -0.05) is 48.5 Å². The number of hydrogen-bond acceptors (Lipinski definition) is 4. The first-order valence-corrected chi connectivity index (χ1v) is 9.51. The number of nitriles is 1. The number of nitrogens with one attached hydrogen (secondary N) is 1. The van der Waals surface area contributed by atoms with E-state index in [2.05, 4.69) is 5.32 Å². The number of carbonyl (C=O) groups is 3. The second-order valence-electron chi connectivity index (χ2n) is 7.75.